The first-order chi connectivity index (χ1) is 8.99. The van der Waals surface area contributed by atoms with Crippen molar-refractivity contribution in [3.63, 3.8) is 0 Å². The molecular weight excluding hydrogens is 312 g/mol. The van der Waals surface area contributed by atoms with Gasteiger partial charge in [0.15, 0.2) is 0 Å². The van der Waals surface area contributed by atoms with Crippen LogP contribution in [0, 0.1) is 0 Å². The number of halogens is 1. The lowest BCUT2D eigenvalue weighted by atomic mass is 10.0. The van der Waals surface area contributed by atoms with Crippen LogP contribution in [0.3, 0.4) is 0 Å². The van der Waals surface area contributed by atoms with Crippen LogP contribution in [0.4, 0.5) is 0 Å². The zero-order valence-electron chi connectivity index (χ0n) is 10.3. The van der Waals surface area contributed by atoms with Crippen LogP contribution in [0.25, 0.3) is 0 Å². The summed E-state index contributed by atoms with van der Waals surface area (Å²) in [5.41, 5.74) is -0.977. The van der Waals surface area contributed by atoms with Gasteiger partial charge in [-0.1, -0.05) is 6.07 Å². The van der Waals surface area contributed by atoms with E-state index in [-0.39, 0.29) is 18.1 Å². The molecule has 0 radical (unpaired) electrons. The first-order valence-electron chi connectivity index (χ1n) is 5.66. The van der Waals surface area contributed by atoms with Gasteiger partial charge in [-0.25, -0.2) is 4.98 Å². The third-order valence-electron chi connectivity index (χ3n) is 2.59. The van der Waals surface area contributed by atoms with E-state index in [1.54, 1.807) is 37.3 Å². The molecule has 1 atom stereocenters. The van der Waals surface area contributed by atoms with E-state index >= 15 is 0 Å². The van der Waals surface area contributed by atoms with Gasteiger partial charge in [-0.2, -0.15) is 0 Å². The molecule has 2 rings (SSSR count). The number of pyridine rings is 1. The van der Waals surface area contributed by atoms with Gasteiger partial charge in [0.1, 0.15) is 21.7 Å². The van der Waals surface area contributed by atoms with E-state index in [0.29, 0.717) is 10.4 Å². The standard InChI is InChI=1S/C13H13BrN2O3/c1-13(18,10-5-3-7-19-10)8-15-12(17)9-4-2-6-11(14)16-9/h2-7,18H,8H2,1H3,(H,15,17). The van der Waals surface area contributed by atoms with Crippen molar-refractivity contribution in [1.29, 1.82) is 0 Å². The summed E-state index contributed by atoms with van der Waals surface area (Å²) in [6.07, 6.45) is 1.47. The Balaban J connectivity index is 2.01. The fourth-order valence-electron chi connectivity index (χ4n) is 1.55. The van der Waals surface area contributed by atoms with E-state index in [1.165, 1.54) is 6.26 Å². The zero-order chi connectivity index (χ0) is 13.9. The largest absolute Gasteiger partial charge is 0.466 e. The van der Waals surface area contributed by atoms with E-state index in [0.717, 1.165) is 0 Å². The van der Waals surface area contributed by atoms with Crippen LogP contribution >= 0.6 is 15.9 Å². The van der Waals surface area contributed by atoms with Crippen LogP contribution in [0.1, 0.15) is 23.2 Å². The minimum absolute atomic E-state index is 0.0353. The molecule has 100 valence electrons. The molecule has 6 heteroatoms. The quantitative estimate of drug-likeness (QED) is 0.844. The van der Waals surface area contributed by atoms with Crippen molar-refractivity contribution in [2.45, 2.75) is 12.5 Å². The summed E-state index contributed by atoms with van der Waals surface area (Å²) in [7, 11) is 0. The van der Waals surface area contributed by atoms with E-state index < -0.39 is 5.60 Å². The van der Waals surface area contributed by atoms with Crippen LogP contribution in [0.15, 0.2) is 45.6 Å². The normalized spacial score (nSPS) is 13.8. The second kappa shape index (κ2) is 5.54. The molecule has 0 saturated carbocycles. The lowest BCUT2D eigenvalue weighted by molar-refractivity contribution is 0.0329. The third kappa shape index (κ3) is 3.42. The summed E-state index contributed by atoms with van der Waals surface area (Å²) < 4.78 is 5.71. The highest BCUT2D eigenvalue weighted by Crippen LogP contribution is 2.19. The average molecular weight is 325 g/mol. The van der Waals surface area contributed by atoms with E-state index in [9.17, 15) is 9.90 Å². The predicted molar refractivity (Wildman–Crippen MR) is 72.5 cm³/mol. The molecule has 0 aliphatic rings. The number of aliphatic hydroxyl groups is 1. The fraction of sp³-hybridized carbons (Fsp3) is 0.231. The maximum atomic E-state index is 11.9. The molecule has 1 amide bonds. The van der Waals surface area contributed by atoms with E-state index in [1.807, 2.05) is 0 Å². The monoisotopic (exact) mass is 324 g/mol. The number of furan rings is 1. The molecule has 2 heterocycles. The van der Waals surface area contributed by atoms with Crippen molar-refractivity contribution >= 4 is 21.8 Å². The molecule has 0 fully saturated rings. The highest BCUT2D eigenvalue weighted by Gasteiger charge is 2.27. The summed E-state index contributed by atoms with van der Waals surface area (Å²) in [6.45, 7) is 1.61. The van der Waals surface area contributed by atoms with Gasteiger partial charge in [0.05, 0.1) is 12.8 Å². The number of aromatic nitrogens is 1. The Kier molecular flexibility index (Phi) is 4.01. The van der Waals surface area contributed by atoms with Gasteiger partial charge in [-0.15, -0.1) is 0 Å². The molecule has 2 aromatic rings. The lowest BCUT2D eigenvalue weighted by Gasteiger charge is -2.20. The Hall–Kier alpha value is -1.66. The molecule has 0 bridgehead atoms. The predicted octanol–water partition coefficient (Wildman–Crippen LogP) is 2.07. The zero-order valence-corrected chi connectivity index (χ0v) is 11.8. The van der Waals surface area contributed by atoms with Crippen LogP contribution in [-0.4, -0.2) is 22.5 Å². The number of nitrogens with zero attached hydrogens (tertiary/aromatic N) is 1. The second-order valence-corrected chi connectivity index (χ2v) is 5.09. The molecule has 2 aromatic heterocycles. The first kappa shape index (κ1) is 13.8. The van der Waals surface area contributed by atoms with Gasteiger partial charge >= 0.3 is 0 Å². The summed E-state index contributed by atoms with van der Waals surface area (Å²) >= 11 is 3.20. The molecule has 0 aliphatic heterocycles. The smallest absolute Gasteiger partial charge is 0.270 e. The molecule has 2 N–H and O–H groups in total. The summed E-state index contributed by atoms with van der Waals surface area (Å²) in [4.78, 5) is 15.9. The number of nitrogens with one attached hydrogen (secondary N) is 1. The minimum Gasteiger partial charge on any atom is -0.466 e. The number of carbonyl (C=O) groups excluding carboxylic acids is 1. The van der Waals surface area contributed by atoms with Crippen molar-refractivity contribution in [3.05, 3.63) is 52.7 Å². The molecule has 0 saturated heterocycles. The Morgan fingerprint density at radius 1 is 1.47 bits per heavy atom. The van der Waals surface area contributed by atoms with Gasteiger partial charge in [-0.3, -0.25) is 4.79 Å². The van der Waals surface area contributed by atoms with Crippen molar-refractivity contribution < 1.29 is 14.3 Å². The van der Waals surface area contributed by atoms with Crippen LogP contribution in [0.2, 0.25) is 0 Å². The Labute approximate surface area is 118 Å². The van der Waals surface area contributed by atoms with Crippen LogP contribution in [-0.2, 0) is 5.60 Å². The molecular formula is C13H13BrN2O3. The maximum Gasteiger partial charge on any atom is 0.270 e. The number of rotatable bonds is 4. The van der Waals surface area contributed by atoms with Gasteiger partial charge in [0, 0.05) is 0 Å². The Morgan fingerprint density at radius 2 is 2.26 bits per heavy atom. The molecule has 0 aliphatic carbocycles. The van der Waals surface area contributed by atoms with E-state index in [2.05, 4.69) is 26.2 Å². The number of carbonyl (C=O) groups is 1. The highest BCUT2D eigenvalue weighted by atomic mass is 79.9. The van der Waals surface area contributed by atoms with Gasteiger partial charge in [-0.05, 0) is 47.1 Å². The number of hydrogen-bond donors (Lipinski definition) is 2. The summed E-state index contributed by atoms with van der Waals surface area (Å²) in [6, 6.07) is 8.39. The first-order valence-corrected chi connectivity index (χ1v) is 6.45. The molecule has 5 nitrogen and oxygen atoms in total. The second-order valence-electron chi connectivity index (χ2n) is 4.28. The van der Waals surface area contributed by atoms with Gasteiger partial charge in [0.25, 0.3) is 5.91 Å². The Morgan fingerprint density at radius 3 is 2.89 bits per heavy atom. The fourth-order valence-corrected chi connectivity index (χ4v) is 1.89. The van der Waals surface area contributed by atoms with Crippen molar-refractivity contribution in [2.24, 2.45) is 0 Å². The topological polar surface area (TPSA) is 75.4 Å². The lowest BCUT2D eigenvalue weighted by Crippen LogP contribution is -2.38. The highest BCUT2D eigenvalue weighted by molar-refractivity contribution is 9.10. The van der Waals surface area contributed by atoms with Crippen molar-refractivity contribution in [2.75, 3.05) is 6.54 Å². The average Bonchev–Trinajstić information content (AvgIpc) is 2.90. The number of amides is 1. The minimum atomic E-state index is -1.26. The van der Waals surface area contributed by atoms with Crippen molar-refractivity contribution in [1.82, 2.24) is 10.3 Å². The summed E-state index contributed by atoms with van der Waals surface area (Å²) in [5, 5.41) is 12.8. The van der Waals surface area contributed by atoms with Gasteiger partial charge in [0.2, 0.25) is 0 Å². The summed E-state index contributed by atoms with van der Waals surface area (Å²) in [5.74, 6) is 0.0446. The molecule has 1 unspecified atom stereocenters. The third-order valence-corrected chi connectivity index (χ3v) is 3.03. The van der Waals surface area contributed by atoms with Crippen molar-refractivity contribution in [3.8, 4) is 0 Å². The molecule has 19 heavy (non-hydrogen) atoms. The maximum absolute atomic E-state index is 11.9. The number of hydrogen-bond acceptors (Lipinski definition) is 4. The molecule has 0 spiro atoms. The molecule has 0 aromatic carbocycles. The van der Waals surface area contributed by atoms with Crippen LogP contribution < -0.4 is 5.32 Å². The van der Waals surface area contributed by atoms with Gasteiger partial charge < -0.3 is 14.8 Å². The van der Waals surface area contributed by atoms with E-state index in [4.69, 9.17) is 4.42 Å². The SMILES string of the molecule is CC(O)(CNC(=O)c1cccc(Br)n1)c1ccco1. The van der Waals surface area contributed by atoms with Crippen LogP contribution in [0.5, 0.6) is 0 Å². The Bertz CT molecular complexity index is 567.